The number of carbonyl (C=O) groups is 2. The summed E-state index contributed by atoms with van der Waals surface area (Å²) in [5.74, 6) is -0.0221. The van der Waals surface area contributed by atoms with Gasteiger partial charge < -0.3 is 19.1 Å². The summed E-state index contributed by atoms with van der Waals surface area (Å²) in [6.07, 6.45) is -0.947. The monoisotopic (exact) mass is 419 g/mol. The molecule has 0 saturated heterocycles. The Hall–Kier alpha value is -3.80. The van der Waals surface area contributed by atoms with Crippen LogP contribution in [0.3, 0.4) is 0 Å². The van der Waals surface area contributed by atoms with Crippen LogP contribution in [0.15, 0.2) is 78.9 Å². The van der Waals surface area contributed by atoms with Gasteiger partial charge in [-0.3, -0.25) is 4.79 Å². The van der Waals surface area contributed by atoms with Gasteiger partial charge >= 0.3 is 5.97 Å². The van der Waals surface area contributed by atoms with Crippen LogP contribution >= 0.6 is 0 Å². The number of para-hydroxylation sites is 1. The van der Waals surface area contributed by atoms with Gasteiger partial charge in [0.1, 0.15) is 6.61 Å². The maximum atomic E-state index is 12.6. The van der Waals surface area contributed by atoms with E-state index < -0.39 is 12.1 Å². The number of benzene rings is 3. The number of likely N-dealkylation sites (N-methyl/N-ethyl adjacent to an activating group) is 1. The molecule has 0 N–H and O–H groups in total. The molecular formula is C25H25NO5. The van der Waals surface area contributed by atoms with Crippen LogP contribution < -0.4 is 14.4 Å². The van der Waals surface area contributed by atoms with Gasteiger partial charge in [0.25, 0.3) is 5.91 Å². The van der Waals surface area contributed by atoms with Crippen LogP contribution in [0.25, 0.3) is 0 Å². The third kappa shape index (κ3) is 5.63. The van der Waals surface area contributed by atoms with Crippen molar-refractivity contribution >= 4 is 17.6 Å². The number of ether oxygens (including phenoxy) is 3. The van der Waals surface area contributed by atoms with Crippen LogP contribution in [0.1, 0.15) is 22.8 Å². The van der Waals surface area contributed by atoms with Gasteiger partial charge in [-0.05, 0) is 42.8 Å². The van der Waals surface area contributed by atoms with E-state index >= 15 is 0 Å². The molecular weight excluding hydrogens is 394 g/mol. The first-order chi connectivity index (χ1) is 15.0. The predicted molar refractivity (Wildman–Crippen MR) is 118 cm³/mol. The Morgan fingerprint density at radius 3 is 2.19 bits per heavy atom. The molecule has 0 aliphatic rings. The normalized spacial score (nSPS) is 11.3. The van der Waals surface area contributed by atoms with E-state index in [0.717, 1.165) is 11.3 Å². The average Bonchev–Trinajstić information content (AvgIpc) is 2.82. The molecule has 1 atom stereocenters. The van der Waals surface area contributed by atoms with Crippen molar-refractivity contribution in [1.82, 2.24) is 0 Å². The minimum absolute atomic E-state index is 0.269. The zero-order valence-corrected chi connectivity index (χ0v) is 17.8. The van der Waals surface area contributed by atoms with Crippen LogP contribution in [-0.2, 0) is 16.1 Å². The molecule has 0 heterocycles. The van der Waals surface area contributed by atoms with Crippen molar-refractivity contribution in [3.05, 3.63) is 90.0 Å². The van der Waals surface area contributed by atoms with E-state index in [1.165, 1.54) is 12.0 Å². The standard InChI is InChI=1S/C25H25NO5/c1-18(24(27)26(2)21-12-8-5-9-13-21)31-25(28)20-14-15-22(23(16-20)29-3)30-17-19-10-6-4-7-11-19/h4-16,18H,17H2,1-3H3/t18-/m1/s1. The lowest BCUT2D eigenvalue weighted by Gasteiger charge is -2.21. The van der Waals surface area contributed by atoms with E-state index in [-0.39, 0.29) is 11.5 Å². The van der Waals surface area contributed by atoms with Crippen LogP contribution in [0.5, 0.6) is 11.5 Å². The van der Waals surface area contributed by atoms with Crippen molar-refractivity contribution in [3.63, 3.8) is 0 Å². The fraction of sp³-hybridized carbons (Fsp3) is 0.200. The summed E-state index contributed by atoms with van der Waals surface area (Å²) in [6.45, 7) is 1.92. The molecule has 0 aliphatic heterocycles. The lowest BCUT2D eigenvalue weighted by atomic mass is 10.2. The Labute approximate surface area is 182 Å². The Balaban J connectivity index is 1.65. The Bertz CT molecular complexity index is 1020. The number of methoxy groups -OCH3 is 1. The third-order valence-corrected chi connectivity index (χ3v) is 4.74. The van der Waals surface area contributed by atoms with Gasteiger partial charge in [-0.2, -0.15) is 0 Å². The second kappa shape index (κ2) is 10.3. The quantitative estimate of drug-likeness (QED) is 0.504. The topological polar surface area (TPSA) is 65.1 Å². The maximum Gasteiger partial charge on any atom is 0.339 e. The first-order valence-electron chi connectivity index (χ1n) is 9.88. The number of amides is 1. The molecule has 0 radical (unpaired) electrons. The maximum absolute atomic E-state index is 12.6. The Kier molecular flexibility index (Phi) is 7.27. The molecule has 0 saturated carbocycles. The Morgan fingerprint density at radius 2 is 1.55 bits per heavy atom. The largest absolute Gasteiger partial charge is 0.493 e. The zero-order valence-electron chi connectivity index (χ0n) is 17.8. The average molecular weight is 419 g/mol. The molecule has 0 fully saturated rings. The second-order valence-corrected chi connectivity index (χ2v) is 6.92. The summed E-state index contributed by atoms with van der Waals surface area (Å²) in [7, 11) is 3.14. The van der Waals surface area contributed by atoms with Gasteiger partial charge in [0.05, 0.1) is 12.7 Å². The third-order valence-electron chi connectivity index (χ3n) is 4.74. The van der Waals surface area contributed by atoms with E-state index in [1.54, 1.807) is 32.2 Å². The van der Waals surface area contributed by atoms with Gasteiger partial charge in [0.2, 0.25) is 0 Å². The summed E-state index contributed by atoms with van der Waals surface area (Å²) in [5.41, 5.74) is 2.01. The number of anilines is 1. The van der Waals surface area contributed by atoms with Crippen molar-refractivity contribution in [2.75, 3.05) is 19.1 Å². The summed E-state index contributed by atoms with van der Waals surface area (Å²) in [5, 5.41) is 0. The van der Waals surface area contributed by atoms with Crippen molar-refractivity contribution in [2.45, 2.75) is 19.6 Å². The minimum Gasteiger partial charge on any atom is -0.493 e. The van der Waals surface area contributed by atoms with Crippen LogP contribution in [0, 0.1) is 0 Å². The Morgan fingerprint density at radius 1 is 0.903 bits per heavy atom. The number of carbonyl (C=O) groups excluding carboxylic acids is 2. The molecule has 6 heteroatoms. The van der Waals surface area contributed by atoms with Crippen LogP contribution in [-0.4, -0.2) is 32.1 Å². The summed E-state index contributed by atoms with van der Waals surface area (Å²) in [4.78, 5) is 26.7. The number of esters is 1. The predicted octanol–water partition coefficient (Wildman–Crippen LogP) is 4.48. The molecule has 0 aliphatic carbocycles. The minimum atomic E-state index is -0.947. The molecule has 6 nitrogen and oxygen atoms in total. The second-order valence-electron chi connectivity index (χ2n) is 6.92. The molecule has 0 spiro atoms. The van der Waals surface area contributed by atoms with Crippen LogP contribution in [0.4, 0.5) is 5.69 Å². The van der Waals surface area contributed by atoms with Crippen molar-refractivity contribution < 1.29 is 23.8 Å². The molecule has 3 aromatic carbocycles. The molecule has 160 valence electrons. The zero-order chi connectivity index (χ0) is 22.2. The molecule has 0 unspecified atom stereocenters. The molecule has 1 amide bonds. The van der Waals surface area contributed by atoms with Crippen molar-refractivity contribution in [3.8, 4) is 11.5 Å². The number of hydrogen-bond acceptors (Lipinski definition) is 5. The fourth-order valence-electron chi connectivity index (χ4n) is 2.98. The van der Waals surface area contributed by atoms with Gasteiger partial charge in [-0.25, -0.2) is 4.79 Å². The highest BCUT2D eigenvalue weighted by molar-refractivity contribution is 5.98. The lowest BCUT2D eigenvalue weighted by Crippen LogP contribution is -2.37. The number of rotatable bonds is 8. The summed E-state index contributed by atoms with van der Waals surface area (Å²) < 4.78 is 16.6. The molecule has 31 heavy (non-hydrogen) atoms. The summed E-state index contributed by atoms with van der Waals surface area (Å²) >= 11 is 0. The fourth-order valence-corrected chi connectivity index (χ4v) is 2.98. The molecule has 0 bridgehead atoms. The van der Waals surface area contributed by atoms with E-state index in [4.69, 9.17) is 14.2 Å². The molecule has 0 aromatic heterocycles. The van der Waals surface area contributed by atoms with Gasteiger partial charge in [0.15, 0.2) is 17.6 Å². The van der Waals surface area contributed by atoms with Gasteiger partial charge in [-0.1, -0.05) is 48.5 Å². The van der Waals surface area contributed by atoms with Crippen molar-refractivity contribution in [2.24, 2.45) is 0 Å². The summed E-state index contributed by atoms with van der Waals surface area (Å²) in [6, 6.07) is 23.7. The van der Waals surface area contributed by atoms with E-state index in [9.17, 15) is 9.59 Å². The molecule has 3 rings (SSSR count). The lowest BCUT2D eigenvalue weighted by molar-refractivity contribution is -0.126. The first kappa shape index (κ1) is 21.9. The smallest absolute Gasteiger partial charge is 0.339 e. The van der Waals surface area contributed by atoms with Gasteiger partial charge in [-0.15, -0.1) is 0 Å². The highest BCUT2D eigenvalue weighted by Crippen LogP contribution is 2.29. The number of nitrogens with zero attached hydrogens (tertiary/aromatic N) is 1. The molecule has 3 aromatic rings. The van der Waals surface area contributed by atoms with Gasteiger partial charge in [0, 0.05) is 12.7 Å². The highest BCUT2D eigenvalue weighted by Gasteiger charge is 2.23. The highest BCUT2D eigenvalue weighted by atomic mass is 16.5. The SMILES string of the molecule is COc1cc(C(=O)O[C@H](C)C(=O)N(C)c2ccccc2)ccc1OCc1ccccc1. The van der Waals surface area contributed by atoms with Crippen LogP contribution in [0.2, 0.25) is 0 Å². The van der Waals surface area contributed by atoms with E-state index in [2.05, 4.69) is 0 Å². The van der Waals surface area contributed by atoms with E-state index in [0.29, 0.717) is 18.1 Å². The van der Waals surface area contributed by atoms with E-state index in [1.807, 2.05) is 60.7 Å². The van der Waals surface area contributed by atoms with Crippen molar-refractivity contribution in [1.29, 1.82) is 0 Å². The first-order valence-corrected chi connectivity index (χ1v) is 9.88. The number of hydrogen-bond donors (Lipinski definition) is 0.